The summed E-state index contributed by atoms with van der Waals surface area (Å²) in [5.74, 6) is -0.200. The van der Waals surface area contributed by atoms with Crippen molar-refractivity contribution in [2.45, 2.75) is 38.8 Å². The minimum absolute atomic E-state index is 0.136. The normalized spacial score (nSPS) is 20.0. The van der Waals surface area contributed by atoms with Gasteiger partial charge in [-0.2, -0.15) is 0 Å². The summed E-state index contributed by atoms with van der Waals surface area (Å²) in [6.45, 7) is 2.48. The summed E-state index contributed by atoms with van der Waals surface area (Å²) in [6.07, 6.45) is 2.07. The van der Waals surface area contributed by atoms with E-state index in [1.54, 1.807) is 0 Å². The zero-order valence-electron chi connectivity index (χ0n) is 12.0. The lowest BCUT2D eigenvalue weighted by Gasteiger charge is -2.26. The highest BCUT2D eigenvalue weighted by Crippen LogP contribution is 2.26. The predicted octanol–water partition coefficient (Wildman–Crippen LogP) is 2.38. The Kier molecular flexibility index (Phi) is 4.77. The fraction of sp³-hybridized carbons (Fsp3) is 0.500. The molecule has 0 N–H and O–H groups in total. The lowest BCUT2D eigenvalue weighted by atomic mass is 10.00. The Morgan fingerprint density at radius 3 is 2.75 bits per heavy atom. The molecule has 0 bridgehead atoms. The third-order valence-electron chi connectivity index (χ3n) is 3.88. The number of carbonyl (C=O) groups excluding carboxylic acids is 2. The van der Waals surface area contributed by atoms with Gasteiger partial charge in [-0.3, -0.25) is 9.59 Å². The molecule has 0 aliphatic carbocycles. The zero-order valence-corrected chi connectivity index (χ0v) is 12.0. The molecule has 0 saturated carbocycles. The van der Waals surface area contributed by atoms with E-state index in [0.29, 0.717) is 19.4 Å². The summed E-state index contributed by atoms with van der Waals surface area (Å²) < 4.78 is 4.76. The van der Waals surface area contributed by atoms with Gasteiger partial charge in [0.05, 0.1) is 13.0 Å². The molecule has 108 valence electrons. The van der Waals surface area contributed by atoms with Crippen molar-refractivity contribution in [2.75, 3.05) is 7.11 Å². The summed E-state index contributed by atoms with van der Waals surface area (Å²) >= 11 is 0. The summed E-state index contributed by atoms with van der Waals surface area (Å²) in [5, 5.41) is 0. The second-order valence-electron chi connectivity index (χ2n) is 5.36. The van der Waals surface area contributed by atoms with Gasteiger partial charge in [-0.05, 0) is 18.4 Å². The van der Waals surface area contributed by atoms with Crippen LogP contribution in [-0.4, -0.2) is 29.9 Å². The van der Waals surface area contributed by atoms with Crippen molar-refractivity contribution in [1.29, 1.82) is 0 Å². The number of hydrogen-bond donors (Lipinski definition) is 0. The van der Waals surface area contributed by atoms with Gasteiger partial charge in [0.25, 0.3) is 0 Å². The van der Waals surface area contributed by atoms with Crippen LogP contribution >= 0.6 is 0 Å². The highest BCUT2D eigenvalue weighted by Gasteiger charge is 2.33. The third kappa shape index (κ3) is 3.38. The van der Waals surface area contributed by atoms with E-state index in [1.807, 2.05) is 42.2 Å². The van der Waals surface area contributed by atoms with Crippen LogP contribution in [0.2, 0.25) is 0 Å². The molecule has 4 heteroatoms. The Morgan fingerprint density at radius 2 is 2.10 bits per heavy atom. The molecule has 4 nitrogen and oxygen atoms in total. The Morgan fingerprint density at radius 1 is 1.40 bits per heavy atom. The molecule has 2 rings (SSSR count). The molecule has 1 aliphatic rings. The maximum Gasteiger partial charge on any atom is 0.308 e. The van der Waals surface area contributed by atoms with Gasteiger partial charge < -0.3 is 9.64 Å². The minimum atomic E-state index is -0.205. The maximum atomic E-state index is 12.0. The van der Waals surface area contributed by atoms with Crippen LogP contribution in [0, 0.1) is 5.92 Å². The Bertz CT molecular complexity index is 472. The number of nitrogens with zero attached hydrogens (tertiary/aromatic N) is 1. The summed E-state index contributed by atoms with van der Waals surface area (Å²) in [4.78, 5) is 25.4. The quantitative estimate of drug-likeness (QED) is 0.775. The number of esters is 1. The molecule has 0 spiro atoms. The van der Waals surface area contributed by atoms with Crippen LogP contribution in [0.1, 0.15) is 31.7 Å². The monoisotopic (exact) mass is 275 g/mol. The first-order valence-electron chi connectivity index (χ1n) is 7.03. The molecule has 1 aliphatic heterocycles. The summed E-state index contributed by atoms with van der Waals surface area (Å²) in [6, 6.07) is 10.1. The number of likely N-dealkylation sites (tertiary alicyclic amines) is 1. The Labute approximate surface area is 119 Å². The maximum absolute atomic E-state index is 12.0. The van der Waals surface area contributed by atoms with Gasteiger partial charge in [-0.15, -0.1) is 0 Å². The van der Waals surface area contributed by atoms with Gasteiger partial charge in [0.2, 0.25) is 5.91 Å². The smallest absolute Gasteiger partial charge is 0.308 e. The zero-order chi connectivity index (χ0) is 14.5. The molecule has 0 radical (unpaired) electrons. The molecule has 1 fully saturated rings. The largest absolute Gasteiger partial charge is 0.469 e. The van der Waals surface area contributed by atoms with Gasteiger partial charge in [0, 0.05) is 19.0 Å². The van der Waals surface area contributed by atoms with E-state index in [-0.39, 0.29) is 23.8 Å². The van der Waals surface area contributed by atoms with E-state index < -0.39 is 0 Å². The number of ether oxygens (including phenoxy) is 1. The van der Waals surface area contributed by atoms with Crippen molar-refractivity contribution < 1.29 is 14.3 Å². The fourth-order valence-electron chi connectivity index (χ4n) is 2.74. The van der Waals surface area contributed by atoms with E-state index in [1.165, 1.54) is 7.11 Å². The number of benzene rings is 1. The van der Waals surface area contributed by atoms with Crippen LogP contribution in [0.5, 0.6) is 0 Å². The van der Waals surface area contributed by atoms with Gasteiger partial charge in [0.15, 0.2) is 0 Å². The molecule has 0 aromatic heterocycles. The molecule has 2 unspecified atom stereocenters. The first-order valence-corrected chi connectivity index (χ1v) is 7.03. The molecular weight excluding hydrogens is 254 g/mol. The van der Waals surface area contributed by atoms with Crippen molar-refractivity contribution in [1.82, 2.24) is 4.90 Å². The van der Waals surface area contributed by atoms with Crippen LogP contribution in [0.15, 0.2) is 30.3 Å². The van der Waals surface area contributed by atoms with Crippen molar-refractivity contribution in [3.63, 3.8) is 0 Å². The van der Waals surface area contributed by atoms with Crippen LogP contribution in [0.3, 0.4) is 0 Å². The first kappa shape index (κ1) is 14.6. The third-order valence-corrected chi connectivity index (χ3v) is 3.88. The minimum Gasteiger partial charge on any atom is -0.469 e. The van der Waals surface area contributed by atoms with Gasteiger partial charge in [-0.25, -0.2) is 0 Å². The van der Waals surface area contributed by atoms with E-state index >= 15 is 0 Å². The summed E-state index contributed by atoms with van der Waals surface area (Å²) in [7, 11) is 1.40. The molecule has 1 aromatic carbocycles. The molecule has 1 heterocycles. The van der Waals surface area contributed by atoms with Crippen LogP contribution < -0.4 is 0 Å². The average Bonchev–Trinajstić information content (AvgIpc) is 2.80. The molecule has 1 amide bonds. The van der Waals surface area contributed by atoms with Crippen molar-refractivity contribution in [3.05, 3.63) is 35.9 Å². The topological polar surface area (TPSA) is 46.6 Å². The number of hydrogen-bond acceptors (Lipinski definition) is 3. The number of carbonyl (C=O) groups is 2. The second kappa shape index (κ2) is 6.55. The highest BCUT2D eigenvalue weighted by molar-refractivity contribution is 5.79. The van der Waals surface area contributed by atoms with Crippen molar-refractivity contribution in [2.24, 2.45) is 5.92 Å². The van der Waals surface area contributed by atoms with E-state index in [4.69, 9.17) is 4.74 Å². The number of methoxy groups -OCH3 is 1. The Hall–Kier alpha value is -1.84. The average molecular weight is 275 g/mol. The Balaban J connectivity index is 2.01. The fourth-order valence-corrected chi connectivity index (χ4v) is 2.74. The lowest BCUT2D eigenvalue weighted by Crippen LogP contribution is -2.34. The first-order chi connectivity index (χ1) is 9.61. The number of amides is 1. The molecule has 1 aromatic rings. The second-order valence-corrected chi connectivity index (χ2v) is 5.36. The van der Waals surface area contributed by atoms with E-state index in [9.17, 15) is 9.59 Å². The van der Waals surface area contributed by atoms with Crippen molar-refractivity contribution in [3.8, 4) is 0 Å². The molecule has 2 atom stereocenters. The molecule has 1 saturated heterocycles. The number of rotatable bonds is 5. The van der Waals surface area contributed by atoms with Crippen LogP contribution in [0.25, 0.3) is 0 Å². The SMILES string of the molecule is COC(=O)C(C)CC1CCC(=O)N1Cc1ccccc1. The molecular formula is C16H21NO3. The van der Waals surface area contributed by atoms with Crippen LogP contribution in [0.4, 0.5) is 0 Å². The summed E-state index contributed by atoms with van der Waals surface area (Å²) in [5.41, 5.74) is 1.12. The van der Waals surface area contributed by atoms with E-state index in [2.05, 4.69) is 0 Å². The van der Waals surface area contributed by atoms with E-state index in [0.717, 1.165) is 12.0 Å². The van der Waals surface area contributed by atoms with Gasteiger partial charge in [0.1, 0.15) is 0 Å². The van der Waals surface area contributed by atoms with Gasteiger partial charge >= 0.3 is 5.97 Å². The van der Waals surface area contributed by atoms with Crippen LogP contribution in [-0.2, 0) is 20.9 Å². The lowest BCUT2D eigenvalue weighted by molar-refractivity contribution is -0.146. The van der Waals surface area contributed by atoms with Crippen molar-refractivity contribution >= 4 is 11.9 Å². The standard InChI is InChI=1S/C16H21NO3/c1-12(16(19)20-2)10-14-8-9-15(18)17(14)11-13-6-4-3-5-7-13/h3-7,12,14H,8-11H2,1-2H3. The van der Waals surface area contributed by atoms with Gasteiger partial charge in [-0.1, -0.05) is 37.3 Å². The molecule has 20 heavy (non-hydrogen) atoms. The highest BCUT2D eigenvalue weighted by atomic mass is 16.5. The predicted molar refractivity (Wildman–Crippen MR) is 75.8 cm³/mol.